The molecular formula is C6H7NW. The van der Waals surface area contributed by atoms with E-state index in [4.69, 9.17) is 0 Å². The fourth-order valence-electron chi connectivity index (χ4n) is 0.342. The molecule has 0 atom stereocenters. The maximum Gasteiger partial charge on any atom is 2.00 e. The molecule has 0 aliphatic heterocycles. The van der Waals surface area contributed by atoms with Crippen LogP contribution in [0.4, 0.5) is 0 Å². The standard InChI is InChI=1S/C6H5.H2N.W/c1-2-4-6-5-3-1;;/h1-5H;1H2;/q2*-1;+2. The Bertz CT molecular complexity index is 80.5. The molecule has 0 spiro atoms. The number of hydrogen-bond donors (Lipinski definition) is 0. The molecule has 1 rings (SSSR count). The molecule has 0 unspecified atom stereocenters. The Morgan fingerprint density at radius 1 is 0.875 bits per heavy atom. The van der Waals surface area contributed by atoms with Crippen molar-refractivity contribution in [3.8, 4) is 0 Å². The van der Waals surface area contributed by atoms with Gasteiger partial charge in [-0.3, -0.25) is 0 Å². The summed E-state index contributed by atoms with van der Waals surface area (Å²) in [5.74, 6) is 0. The number of nitrogens with two attached hydrogens (primary N) is 1. The number of benzene rings is 1. The van der Waals surface area contributed by atoms with E-state index in [0.29, 0.717) is 0 Å². The van der Waals surface area contributed by atoms with Gasteiger partial charge in [0.05, 0.1) is 0 Å². The zero-order valence-electron chi connectivity index (χ0n) is 4.37. The van der Waals surface area contributed by atoms with E-state index < -0.39 is 0 Å². The van der Waals surface area contributed by atoms with Crippen LogP contribution in [0.2, 0.25) is 0 Å². The van der Waals surface area contributed by atoms with Crippen molar-refractivity contribution in [3.63, 3.8) is 0 Å². The van der Waals surface area contributed by atoms with Crippen LogP contribution in [0.25, 0.3) is 6.15 Å². The molecular weight excluding hydrogens is 270 g/mol. The third-order valence-electron chi connectivity index (χ3n) is 0.607. The van der Waals surface area contributed by atoms with Gasteiger partial charge in [0.1, 0.15) is 0 Å². The van der Waals surface area contributed by atoms with Crippen LogP contribution >= 0.6 is 0 Å². The summed E-state index contributed by atoms with van der Waals surface area (Å²) in [5.41, 5.74) is 0. The van der Waals surface area contributed by atoms with E-state index in [9.17, 15) is 0 Å². The topological polar surface area (TPSA) is 33.5 Å². The molecule has 0 radical (unpaired) electrons. The largest absolute Gasteiger partial charge is 2.00 e. The zero-order valence-corrected chi connectivity index (χ0v) is 7.31. The summed E-state index contributed by atoms with van der Waals surface area (Å²) in [5, 5.41) is 0. The minimum absolute atomic E-state index is 0. The van der Waals surface area contributed by atoms with Crippen molar-refractivity contribution < 1.29 is 21.1 Å². The molecule has 0 aliphatic rings. The SMILES string of the molecule is [NH2-].[W+2].[c-]1ccccc1. The van der Waals surface area contributed by atoms with Crippen LogP contribution in [-0.4, -0.2) is 0 Å². The second-order valence-electron chi connectivity index (χ2n) is 1.08. The second kappa shape index (κ2) is 6.87. The molecule has 2 N–H and O–H groups in total. The molecule has 1 aromatic carbocycles. The van der Waals surface area contributed by atoms with Gasteiger partial charge in [-0.2, -0.15) is 36.4 Å². The summed E-state index contributed by atoms with van der Waals surface area (Å²) in [6.45, 7) is 0. The summed E-state index contributed by atoms with van der Waals surface area (Å²) < 4.78 is 0. The summed E-state index contributed by atoms with van der Waals surface area (Å²) in [6, 6.07) is 12.5. The van der Waals surface area contributed by atoms with Crippen LogP contribution in [0, 0.1) is 6.07 Å². The smallest absolute Gasteiger partial charge is 0.693 e. The van der Waals surface area contributed by atoms with Crippen LogP contribution in [0.3, 0.4) is 0 Å². The van der Waals surface area contributed by atoms with E-state index in [0.717, 1.165) is 0 Å². The minimum atomic E-state index is 0. The molecule has 0 amide bonds. The van der Waals surface area contributed by atoms with Crippen molar-refractivity contribution in [1.82, 2.24) is 0 Å². The third-order valence-corrected chi connectivity index (χ3v) is 0.607. The molecule has 2 heteroatoms. The van der Waals surface area contributed by atoms with E-state index in [1.807, 2.05) is 30.3 Å². The van der Waals surface area contributed by atoms with Crippen molar-refractivity contribution in [2.75, 3.05) is 0 Å². The van der Waals surface area contributed by atoms with Crippen molar-refractivity contribution in [3.05, 3.63) is 42.5 Å². The molecule has 1 aromatic rings. The molecule has 0 saturated carbocycles. The van der Waals surface area contributed by atoms with Gasteiger partial charge in [0.15, 0.2) is 0 Å². The van der Waals surface area contributed by atoms with Crippen LogP contribution in [-0.2, 0) is 21.1 Å². The van der Waals surface area contributed by atoms with Crippen LogP contribution in [0.15, 0.2) is 30.3 Å². The van der Waals surface area contributed by atoms with Crippen molar-refractivity contribution in [1.29, 1.82) is 0 Å². The number of hydrogen-bond acceptors (Lipinski definition) is 0. The van der Waals surface area contributed by atoms with Gasteiger partial charge in [-0.15, -0.1) is 0 Å². The monoisotopic (exact) mass is 277 g/mol. The average Bonchev–Trinajstić information content (AvgIpc) is 1.72. The average molecular weight is 277 g/mol. The Kier molecular flexibility index (Phi) is 9.25. The first-order valence-corrected chi connectivity index (χ1v) is 1.91. The first kappa shape index (κ1) is 10.8. The molecule has 0 aromatic heterocycles. The van der Waals surface area contributed by atoms with E-state index in [2.05, 4.69) is 6.07 Å². The van der Waals surface area contributed by atoms with Gasteiger partial charge in [-0.1, -0.05) is 0 Å². The normalized spacial score (nSPS) is 6.00. The van der Waals surface area contributed by atoms with Gasteiger partial charge in [-0.25, -0.2) is 0 Å². The van der Waals surface area contributed by atoms with Gasteiger partial charge in [-0.05, 0) is 0 Å². The van der Waals surface area contributed by atoms with Crippen LogP contribution in [0.5, 0.6) is 0 Å². The van der Waals surface area contributed by atoms with Gasteiger partial charge in [0.2, 0.25) is 0 Å². The fourth-order valence-corrected chi connectivity index (χ4v) is 0.342. The Balaban J connectivity index is 0. The van der Waals surface area contributed by atoms with E-state index in [-0.39, 0.29) is 27.2 Å². The first-order valence-electron chi connectivity index (χ1n) is 1.91. The van der Waals surface area contributed by atoms with Gasteiger partial charge in [0.25, 0.3) is 0 Å². The van der Waals surface area contributed by atoms with Crippen molar-refractivity contribution in [2.24, 2.45) is 0 Å². The van der Waals surface area contributed by atoms with Gasteiger partial charge in [0, 0.05) is 0 Å². The predicted octanol–water partition coefficient (Wildman–Crippen LogP) is 2.20. The van der Waals surface area contributed by atoms with E-state index in [1.165, 1.54) is 0 Å². The molecule has 0 heterocycles. The fraction of sp³-hybridized carbons (Fsp3) is 0. The molecule has 0 fully saturated rings. The Labute approximate surface area is 64.0 Å². The summed E-state index contributed by atoms with van der Waals surface area (Å²) in [4.78, 5) is 0. The molecule has 1 nitrogen and oxygen atoms in total. The maximum absolute atomic E-state index is 2.89. The minimum Gasteiger partial charge on any atom is -0.693 e. The Morgan fingerprint density at radius 2 is 1.38 bits per heavy atom. The van der Waals surface area contributed by atoms with Gasteiger partial charge >= 0.3 is 21.1 Å². The maximum atomic E-state index is 2.89. The summed E-state index contributed by atoms with van der Waals surface area (Å²) in [6.07, 6.45) is 0. The molecule has 0 bridgehead atoms. The second-order valence-corrected chi connectivity index (χ2v) is 1.08. The Hall–Kier alpha value is -0.132. The van der Waals surface area contributed by atoms with Crippen LogP contribution < -0.4 is 0 Å². The Morgan fingerprint density at radius 3 is 1.50 bits per heavy atom. The molecule has 8 heavy (non-hydrogen) atoms. The quantitative estimate of drug-likeness (QED) is 0.651. The van der Waals surface area contributed by atoms with Crippen molar-refractivity contribution in [2.45, 2.75) is 0 Å². The van der Waals surface area contributed by atoms with Crippen molar-refractivity contribution >= 4 is 0 Å². The van der Waals surface area contributed by atoms with Gasteiger partial charge < -0.3 is 6.15 Å². The predicted molar refractivity (Wildman–Crippen MR) is 30.6 cm³/mol. The molecule has 0 aliphatic carbocycles. The summed E-state index contributed by atoms with van der Waals surface area (Å²) >= 11 is 0. The zero-order chi connectivity index (χ0) is 4.24. The first-order chi connectivity index (χ1) is 3.00. The van der Waals surface area contributed by atoms with E-state index in [1.54, 1.807) is 0 Å². The van der Waals surface area contributed by atoms with E-state index >= 15 is 0 Å². The van der Waals surface area contributed by atoms with Crippen LogP contribution in [0.1, 0.15) is 0 Å². The summed E-state index contributed by atoms with van der Waals surface area (Å²) in [7, 11) is 0. The molecule has 42 valence electrons. The number of rotatable bonds is 0. The third kappa shape index (κ3) is 4.04. The molecule has 0 saturated heterocycles.